The quantitative estimate of drug-likeness (QED) is 0.703. The highest BCUT2D eigenvalue weighted by Crippen LogP contribution is 2.21. The van der Waals surface area contributed by atoms with Crippen molar-refractivity contribution in [3.05, 3.63) is 58.6 Å². The van der Waals surface area contributed by atoms with Crippen molar-refractivity contribution in [2.75, 3.05) is 19.7 Å². The van der Waals surface area contributed by atoms with Gasteiger partial charge >= 0.3 is 0 Å². The lowest BCUT2D eigenvalue weighted by Crippen LogP contribution is -2.50. The smallest absolute Gasteiger partial charge is 0.260 e. The molecule has 1 unspecified atom stereocenters. The molecule has 2 aromatic rings. The summed E-state index contributed by atoms with van der Waals surface area (Å²) in [6.07, 6.45) is 0.787. The summed E-state index contributed by atoms with van der Waals surface area (Å²) in [6.45, 7) is 6.92. The van der Waals surface area contributed by atoms with Crippen molar-refractivity contribution < 1.29 is 19.1 Å². The molecule has 166 valence electrons. The lowest BCUT2D eigenvalue weighted by molar-refractivity contribution is -0.134. The first-order chi connectivity index (χ1) is 14.8. The van der Waals surface area contributed by atoms with Gasteiger partial charge in [0.05, 0.1) is 0 Å². The number of amides is 2. The SMILES string of the molecule is Cc1cccc(OCC(=O)N2CCC(NC(=O)C(C)Oc3ccc(Cl)cc3)CC2)c1C. The summed E-state index contributed by atoms with van der Waals surface area (Å²) in [6, 6.07) is 12.7. The first-order valence-corrected chi connectivity index (χ1v) is 10.9. The molecule has 1 saturated heterocycles. The van der Waals surface area contributed by atoms with Crippen LogP contribution in [0.15, 0.2) is 42.5 Å². The van der Waals surface area contributed by atoms with Crippen LogP contribution in [0.4, 0.5) is 0 Å². The fraction of sp³-hybridized carbons (Fsp3) is 0.417. The van der Waals surface area contributed by atoms with Crippen LogP contribution in [-0.2, 0) is 9.59 Å². The molecule has 7 heteroatoms. The molecule has 1 fully saturated rings. The monoisotopic (exact) mass is 444 g/mol. The van der Waals surface area contributed by atoms with Gasteiger partial charge in [-0.3, -0.25) is 9.59 Å². The summed E-state index contributed by atoms with van der Waals surface area (Å²) in [4.78, 5) is 26.8. The molecule has 0 bridgehead atoms. The van der Waals surface area contributed by atoms with Crippen molar-refractivity contribution in [3.8, 4) is 11.5 Å². The Morgan fingerprint density at radius 1 is 1.13 bits per heavy atom. The molecule has 2 aromatic carbocycles. The van der Waals surface area contributed by atoms with Gasteiger partial charge in [0.1, 0.15) is 11.5 Å². The maximum atomic E-state index is 12.5. The Labute approximate surface area is 188 Å². The summed E-state index contributed by atoms with van der Waals surface area (Å²) in [7, 11) is 0. The van der Waals surface area contributed by atoms with Crippen LogP contribution in [0.3, 0.4) is 0 Å². The Hall–Kier alpha value is -2.73. The molecule has 31 heavy (non-hydrogen) atoms. The standard InChI is InChI=1S/C24H29ClN2O4/c1-16-5-4-6-22(17(16)2)30-15-23(28)27-13-11-20(12-14-27)26-24(29)18(3)31-21-9-7-19(25)8-10-21/h4-10,18,20H,11-15H2,1-3H3,(H,26,29). The number of hydrogen-bond donors (Lipinski definition) is 1. The maximum absolute atomic E-state index is 12.5. The lowest BCUT2D eigenvalue weighted by atomic mass is 10.0. The van der Waals surface area contributed by atoms with E-state index in [1.165, 1.54) is 0 Å². The number of aryl methyl sites for hydroxylation is 1. The molecule has 0 aliphatic carbocycles. The highest BCUT2D eigenvalue weighted by molar-refractivity contribution is 6.30. The number of likely N-dealkylation sites (tertiary alicyclic amines) is 1. The van der Waals surface area contributed by atoms with E-state index in [2.05, 4.69) is 5.32 Å². The van der Waals surface area contributed by atoms with Gasteiger partial charge in [0, 0.05) is 24.2 Å². The van der Waals surface area contributed by atoms with E-state index in [0.29, 0.717) is 36.7 Å². The number of carbonyl (C=O) groups is 2. The van der Waals surface area contributed by atoms with Gasteiger partial charge in [-0.15, -0.1) is 0 Å². The number of ether oxygens (including phenoxy) is 2. The van der Waals surface area contributed by atoms with Crippen molar-refractivity contribution in [3.63, 3.8) is 0 Å². The molecule has 3 rings (SSSR count). The van der Waals surface area contributed by atoms with E-state index in [0.717, 1.165) is 16.9 Å². The Balaban J connectivity index is 1.41. The fourth-order valence-electron chi connectivity index (χ4n) is 3.47. The van der Waals surface area contributed by atoms with Gasteiger partial charge in [0.25, 0.3) is 11.8 Å². The summed E-state index contributed by atoms with van der Waals surface area (Å²) >= 11 is 5.87. The predicted molar refractivity (Wildman–Crippen MR) is 121 cm³/mol. The van der Waals surface area contributed by atoms with E-state index >= 15 is 0 Å². The van der Waals surface area contributed by atoms with Crippen molar-refractivity contribution in [2.45, 2.75) is 45.8 Å². The summed E-state index contributed by atoms with van der Waals surface area (Å²) in [5.74, 6) is 1.13. The number of piperidine rings is 1. The van der Waals surface area contributed by atoms with Crippen LogP contribution in [0.2, 0.25) is 5.02 Å². The number of halogens is 1. The first kappa shape index (κ1) is 22.9. The molecular weight excluding hydrogens is 416 g/mol. The predicted octanol–water partition coefficient (Wildman–Crippen LogP) is 3.91. The molecule has 0 aromatic heterocycles. The summed E-state index contributed by atoms with van der Waals surface area (Å²) in [5.41, 5.74) is 2.18. The highest BCUT2D eigenvalue weighted by atomic mass is 35.5. The van der Waals surface area contributed by atoms with Crippen LogP contribution in [0, 0.1) is 13.8 Å². The van der Waals surface area contributed by atoms with Crippen LogP contribution in [0.5, 0.6) is 11.5 Å². The Kier molecular flexibility index (Phi) is 7.80. The van der Waals surface area contributed by atoms with Gasteiger partial charge < -0.3 is 19.7 Å². The van der Waals surface area contributed by atoms with Crippen LogP contribution >= 0.6 is 11.6 Å². The maximum Gasteiger partial charge on any atom is 0.260 e. The van der Waals surface area contributed by atoms with Gasteiger partial charge in [-0.05, 0) is 75.1 Å². The van der Waals surface area contributed by atoms with E-state index in [-0.39, 0.29) is 24.5 Å². The number of hydrogen-bond acceptors (Lipinski definition) is 4. The van der Waals surface area contributed by atoms with E-state index in [1.807, 2.05) is 32.0 Å². The van der Waals surface area contributed by atoms with Gasteiger partial charge in [-0.25, -0.2) is 0 Å². The average molecular weight is 445 g/mol. The van der Waals surface area contributed by atoms with Crippen molar-refractivity contribution in [1.29, 1.82) is 0 Å². The minimum Gasteiger partial charge on any atom is -0.483 e. The molecule has 6 nitrogen and oxygen atoms in total. The summed E-state index contributed by atoms with van der Waals surface area (Å²) < 4.78 is 11.4. The fourth-order valence-corrected chi connectivity index (χ4v) is 3.60. The third-order valence-electron chi connectivity index (χ3n) is 5.60. The average Bonchev–Trinajstić information content (AvgIpc) is 2.76. The molecule has 0 spiro atoms. The Morgan fingerprint density at radius 2 is 1.81 bits per heavy atom. The minimum atomic E-state index is -0.619. The lowest BCUT2D eigenvalue weighted by Gasteiger charge is -2.33. The van der Waals surface area contributed by atoms with Crippen molar-refractivity contribution in [2.24, 2.45) is 0 Å². The van der Waals surface area contributed by atoms with Gasteiger partial charge in [0.2, 0.25) is 0 Å². The molecular formula is C24H29ClN2O4. The van der Waals surface area contributed by atoms with Crippen LogP contribution < -0.4 is 14.8 Å². The van der Waals surface area contributed by atoms with Crippen LogP contribution in [0.1, 0.15) is 30.9 Å². The van der Waals surface area contributed by atoms with E-state index in [9.17, 15) is 9.59 Å². The Morgan fingerprint density at radius 3 is 2.48 bits per heavy atom. The normalized spacial score (nSPS) is 15.3. The molecule has 1 heterocycles. The topological polar surface area (TPSA) is 67.9 Å². The van der Waals surface area contributed by atoms with E-state index < -0.39 is 6.10 Å². The Bertz CT molecular complexity index is 908. The van der Waals surface area contributed by atoms with Gasteiger partial charge in [-0.2, -0.15) is 0 Å². The number of carbonyl (C=O) groups excluding carboxylic acids is 2. The second-order valence-electron chi connectivity index (χ2n) is 7.86. The van der Waals surface area contributed by atoms with Crippen molar-refractivity contribution >= 4 is 23.4 Å². The third-order valence-corrected chi connectivity index (χ3v) is 5.85. The summed E-state index contributed by atoms with van der Waals surface area (Å²) in [5, 5.41) is 3.64. The van der Waals surface area contributed by atoms with E-state index in [1.54, 1.807) is 36.1 Å². The molecule has 1 N–H and O–H groups in total. The first-order valence-electron chi connectivity index (χ1n) is 10.5. The molecule has 1 aliphatic heterocycles. The van der Waals surface area contributed by atoms with Gasteiger partial charge in [0.15, 0.2) is 12.7 Å². The zero-order valence-corrected chi connectivity index (χ0v) is 18.9. The zero-order valence-electron chi connectivity index (χ0n) is 18.2. The number of nitrogens with one attached hydrogen (secondary N) is 1. The molecule has 0 saturated carbocycles. The molecule has 2 amide bonds. The molecule has 1 atom stereocenters. The molecule has 1 aliphatic rings. The number of nitrogens with zero attached hydrogens (tertiary/aromatic N) is 1. The number of rotatable bonds is 7. The third kappa shape index (κ3) is 6.37. The zero-order chi connectivity index (χ0) is 22.4. The van der Waals surface area contributed by atoms with Crippen LogP contribution in [-0.4, -0.2) is 48.6 Å². The van der Waals surface area contributed by atoms with Crippen molar-refractivity contribution in [1.82, 2.24) is 10.2 Å². The second-order valence-corrected chi connectivity index (χ2v) is 8.30. The minimum absolute atomic E-state index is 0.0211. The highest BCUT2D eigenvalue weighted by Gasteiger charge is 2.26. The van der Waals surface area contributed by atoms with Crippen LogP contribution in [0.25, 0.3) is 0 Å². The second kappa shape index (κ2) is 10.5. The van der Waals surface area contributed by atoms with Gasteiger partial charge in [-0.1, -0.05) is 23.7 Å². The molecule has 0 radical (unpaired) electrons. The largest absolute Gasteiger partial charge is 0.483 e. The number of benzene rings is 2. The van der Waals surface area contributed by atoms with E-state index in [4.69, 9.17) is 21.1 Å².